The molecule has 2 fully saturated rings. The third-order valence-corrected chi connectivity index (χ3v) is 4.49. The number of hydrogen-bond donors (Lipinski definition) is 0. The minimum absolute atomic E-state index is 0.218. The molecule has 0 aromatic carbocycles. The lowest BCUT2D eigenvalue weighted by Crippen LogP contribution is -2.53. The van der Waals surface area contributed by atoms with Crippen LogP contribution in [0.25, 0.3) is 5.65 Å². The summed E-state index contributed by atoms with van der Waals surface area (Å²) in [7, 11) is 0. The van der Waals surface area contributed by atoms with Crippen LogP contribution in [0.3, 0.4) is 0 Å². The number of rotatable bonds is 2. The highest BCUT2D eigenvalue weighted by atomic mass is 19.3. The summed E-state index contributed by atoms with van der Waals surface area (Å²) in [6.07, 6.45) is 1.98. The summed E-state index contributed by atoms with van der Waals surface area (Å²) in [5.41, 5.74) is 0.340. The normalized spacial score (nSPS) is 25.7. The maximum absolute atomic E-state index is 13.0. The third kappa shape index (κ3) is 2.22. The summed E-state index contributed by atoms with van der Waals surface area (Å²) < 4.78 is 32.9. The Morgan fingerprint density at radius 2 is 2.05 bits per heavy atom. The van der Waals surface area contributed by atoms with Gasteiger partial charge in [0, 0.05) is 6.54 Å². The highest BCUT2D eigenvalue weighted by Gasteiger charge is 2.35. The van der Waals surface area contributed by atoms with E-state index in [2.05, 4.69) is 20.2 Å². The molecule has 2 aliphatic rings. The summed E-state index contributed by atoms with van der Waals surface area (Å²) >= 11 is 0. The Bertz CT molecular complexity index is 674. The van der Waals surface area contributed by atoms with Gasteiger partial charge in [0.1, 0.15) is 5.82 Å². The molecule has 8 heteroatoms. The van der Waals surface area contributed by atoms with E-state index in [0.29, 0.717) is 18.1 Å². The van der Waals surface area contributed by atoms with Crippen LogP contribution in [0.15, 0.2) is 12.1 Å². The van der Waals surface area contributed by atoms with Crippen LogP contribution in [0.2, 0.25) is 0 Å². The van der Waals surface area contributed by atoms with Crippen LogP contribution in [-0.2, 0) is 4.74 Å². The van der Waals surface area contributed by atoms with Crippen LogP contribution >= 0.6 is 0 Å². The van der Waals surface area contributed by atoms with Crippen molar-refractivity contribution in [2.75, 3.05) is 18.1 Å². The van der Waals surface area contributed by atoms with Crippen LogP contribution in [0.5, 0.6) is 0 Å². The van der Waals surface area contributed by atoms with E-state index in [-0.39, 0.29) is 12.1 Å². The van der Waals surface area contributed by atoms with Crippen molar-refractivity contribution in [1.29, 1.82) is 0 Å². The Hall–Kier alpha value is -1.83. The average Bonchev–Trinajstić information content (AvgIpc) is 2.97. The zero-order chi connectivity index (χ0) is 15.1. The molecule has 4 rings (SSSR count). The zero-order valence-electron chi connectivity index (χ0n) is 12.0. The van der Waals surface area contributed by atoms with Crippen molar-refractivity contribution in [2.45, 2.75) is 44.3 Å². The Morgan fingerprint density at radius 1 is 1.18 bits per heavy atom. The first-order valence-electron chi connectivity index (χ1n) is 7.63. The lowest BCUT2D eigenvalue weighted by molar-refractivity contribution is -0.00907. The average molecular weight is 309 g/mol. The monoisotopic (exact) mass is 309 g/mol. The fraction of sp³-hybridized carbons (Fsp3) is 0.643. The first-order valence-corrected chi connectivity index (χ1v) is 7.63. The maximum atomic E-state index is 13.0. The van der Waals surface area contributed by atoms with Crippen LogP contribution in [0.4, 0.5) is 14.6 Å². The summed E-state index contributed by atoms with van der Waals surface area (Å²) in [6.45, 7) is 1.37. The fourth-order valence-corrected chi connectivity index (χ4v) is 3.47. The molecule has 0 amide bonds. The second kappa shape index (κ2) is 5.42. The van der Waals surface area contributed by atoms with E-state index in [1.165, 1.54) is 6.42 Å². The van der Waals surface area contributed by atoms with Crippen molar-refractivity contribution in [3.63, 3.8) is 0 Å². The van der Waals surface area contributed by atoms with E-state index in [1.54, 1.807) is 6.07 Å². The van der Waals surface area contributed by atoms with Crippen LogP contribution in [0, 0.1) is 0 Å². The Balaban J connectivity index is 1.71. The van der Waals surface area contributed by atoms with E-state index >= 15 is 0 Å². The van der Waals surface area contributed by atoms with Gasteiger partial charge in [0.15, 0.2) is 5.65 Å². The van der Waals surface area contributed by atoms with Gasteiger partial charge in [-0.2, -0.15) is 4.52 Å². The number of morpholine rings is 1. The molecular weight excluding hydrogens is 292 g/mol. The number of fused-ring (bicyclic) bond motifs is 2. The minimum Gasteiger partial charge on any atom is -0.374 e. The molecule has 2 aromatic heterocycles. The second-order valence-electron chi connectivity index (χ2n) is 5.77. The lowest BCUT2D eigenvalue weighted by atomic mass is 9.90. The van der Waals surface area contributed by atoms with E-state index in [4.69, 9.17) is 4.74 Å². The smallest absolute Gasteiger partial charge is 0.299 e. The predicted octanol–water partition coefficient (Wildman–Crippen LogP) is 2.21. The molecule has 22 heavy (non-hydrogen) atoms. The van der Waals surface area contributed by atoms with Gasteiger partial charge in [0.25, 0.3) is 6.43 Å². The minimum atomic E-state index is -2.69. The van der Waals surface area contributed by atoms with Crippen molar-refractivity contribution in [1.82, 2.24) is 19.8 Å². The van der Waals surface area contributed by atoms with Crippen molar-refractivity contribution >= 4 is 11.5 Å². The van der Waals surface area contributed by atoms with E-state index < -0.39 is 12.2 Å². The van der Waals surface area contributed by atoms with Gasteiger partial charge in [0.2, 0.25) is 5.82 Å². The molecule has 1 saturated carbocycles. The molecule has 1 aliphatic heterocycles. The van der Waals surface area contributed by atoms with Gasteiger partial charge in [-0.1, -0.05) is 12.8 Å². The molecular formula is C14H17F2N5O. The molecule has 6 nitrogen and oxygen atoms in total. The second-order valence-corrected chi connectivity index (χ2v) is 5.77. The molecule has 2 unspecified atom stereocenters. The Morgan fingerprint density at radius 3 is 2.91 bits per heavy atom. The van der Waals surface area contributed by atoms with E-state index in [9.17, 15) is 8.78 Å². The largest absolute Gasteiger partial charge is 0.374 e. The van der Waals surface area contributed by atoms with Gasteiger partial charge in [-0.05, 0) is 25.0 Å². The number of anilines is 1. The molecule has 0 radical (unpaired) electrons. The van der Waals surface area contributed by atoms with Crippen molar-refractivity contribution in [3.8, 4) is 0 Å². The summed E-state index contributed by atoms with van der Waals surface area (Å²) in [4.78, 5) is 2.18. The maximum Gasteiger partial charge on any atom is 0.299 e. The van der Waals surface area contributed by atoms with Crippen LogP contribution in [-0.4, -0.2) is 45.1 Å². The zero-order valence-corrected chi connectivity index (χ0v) is 12.0. The molecule has 1 aliphatic carbocycles. The quantitative estimate of drug-likeness (QED) is 0.851. The Labute approximate surface area is 126 Å². The topological polar surface area (TPSA) is 55.5 Å². The van der Waals surface area contributed by atoms with Crippen molar-refractivity contribution < 1.29 is 13.5 Å². The van der Waals surface area contributed by atoms with Gasteiger partial charge in [0.05, 0.1) is 18.8 Å². The molecule has 0 bridgehead atoms. The third-order valence-electron chi connectivity index (χ3n) is 4.49. The molecule has 2 aromatic rings. The first-order chi connectivity index (χ1) is 10.7. The molecule has 1 saturated heterocycles. The van der Waals surface area contributed by atoms with Crippen molar-refractivity contribution in [2.24, 2.45) is 0 Å². The Kier molecular flexibility index (Phi) is 3.40. The fourth-order valence-electron chi connectivity index (χ4n) is 3.47. The molecule has 0 N–H and O–H groups in total. The summed E-state index contributed by atoms with van der Waals surface area (Å²) in [5, 5.41) is 11.6. The summed E-state index contributed by atoms with van der Waals surface area (Å²) in [5.74, 6) is 0.278. The summed E-state index contributed by atoms with van der Waals surface area (Å²) in [6, 6.07) is 3.80. The number of alkyl halides is 2. The molecule has 3 heterocycles. The van der Waals surface area contributed by atoms with Gasteiger partial charge in [-0.15, -0.1) is 15.3 Å². The van der Waals surface area contributed by atoms with Crippen molar-refractivity contribution in [3.05, 3.63) is 18.0 Å². The molecule has 0 spiro atoms. The highest BCUT2D eigenvalue weighted by molar-refractivity contribution is 5.47. The standard InChI is InChI=1S/C14H17F2N5O/c15-13(16)14-18-17-11-5-6-12(19-21(11)14)20-7-8-22-10-4-2-1-3-9(10)20/h5-6,9-10,13H,1-4,7-8H2. The number of halogens is 2. The van der Waals surface area contributed by atoms with E-state index in [1.807, 2.05) is 6.07 Å². The number of ether oxygens (including phenoxy) is 1. The molecule has 118 valence electrons. The van der Waals surface area contributed by atoms with Gasteiger partial charge in [-0.3, -0.25) is 0 Å². The SMILES string of the molecule is FC(F)c1nnc2ccc(N3CCOC4CCCCC43)nn12. The lowest BCUT2D eigenvalue weighted by Gasteiger charge is -2.44. The predicted molar refractivity (Wildman–Crippen MR) is 75.1 cm³/mol. The number of aromatic nitrogens is 4. The van der Waals surface area contributed by atoms with E-state index in [0.717, 1.165) is 30.3 Å². The highest BCUT2D eigenvalue weighted by Crippen LogP contribution is 2.31. The van der Waals surface area contributed by atoms with Crippen LogP contribution in [0.1, 0.15) is 37.9 Å². The van der Waals surface area contributed by atoms with Gasteiger partial charge in [-0.25, -0.2) is 8.78 Å². The van der Waals surface area contributed by atoms with Gasteiger partial charge < -0.3 is 9.64 Å². The molecule has 2 atom stereocenters. The first kappa shape index (κ1) is 13.8. The number of hydrogen-bond acceptors (Lipinski definition) is 5. The van der Waals surface area contributed by atoms with Crippen LogP contribution < -0.4 is 4.90 Å². The number of nitrogens with zero attached hydrogens (tertiary/aromatic N) is 5. The van der Waals surface area contributed by atoms with Gasteiger partial charge >= 0.3 is 0 Å².